The van der Waals surface area contributed by atoms with Gasteiger partial charge < -0.3 is 14.0 Å². The third-order valence-electron chi connectivity index (χ3n) is 3.90. The number of nitro groups is 1. The number of hydrogen-bond acceptors (Lipinski definition) is 7. The van der Waals surface area contributed by atoms with E-state index in [0.29, 0.717) is 28.4 Å². The number of rotatable bonds is 7. The predicted octanol–water partition coefficient (Wildman–Crippen LogP) is 4.29. The monoisotopic (exact) mass is 377 g/mol. The summed E-state index contributed by atoms with van der Waals surface area (Å²) in [5, 5.41) is 23.8. The fourth-order valence-electron chi connectivity index (χ4n) is 2.52. The molecule has 0 aliphatic carbocycles. The maximum absolute atomic E-state index is 10.9. The van der Waals surface area contributed by atoms with E-state index in [0.717, 1.165) is 5.56 Å². The highest BCUT2D eigenvalue weighted by molar-refractivity contribution is 5.78. The Hall–Kier alpha value is -4.12. The summed E-state index contributed by atoms with van der Waals surface area (Å²) in [4.78, 5) is 15.6. The molecule has 0 amide bonds. The molecule has 3 rings (SSSR count). The second kappa shape index (κ2) is 8.51. The highest BCUT2D eigenvalue weighted by Crippen LogP contribution is 2.34. The Bertz CT molecular complexity index is 1070. The Labute approximate surface area is 160 Å². The Morgan fingerprint density at radius 1 is 1.25 bits per heavy atom. The Balaban J connectivity index is 1.70. The summed E-state index contributed by atoms with van der Waals surface area (Å²) < 4.78 is 10.9. The minimum atomic E-state index is -0.492. The normalized spacial score (nSPS) is 10.6. The molecule has 0 fully saturated rings. The number of benzene rings is 2. The van der Waals surface area contributed by atoms with Gasteiger partial charge in [-0.2, -0.15) is 5.26 Å². The standard InChI is InChI=1S/C20H15N3O5/c1-26-20-10-16(23(24)25)6-8-18(20)19-9-7-17(28-19)12-22-27-13-15-5-3-2-4-14(15)11-21/h2-10,12H,13H2,1H3/b22-12-. The number of methoxy groups -OCH3 is 1. The summed E-state index contributed by atoms with van der Waals surface area (Å²) in [6, 6.07) is 16.9. The molecule has 0 spiro atoms. The number of nitro benzene ring substituents is 1. The molecule has 0 saturated carbocycles. The zero-order valence-electron chi connectivity index (χ0n) is 14.9. The van der Waals surface area contributed by atoms with Crippen molar-refractivity contribution in [2.24, 2.45) is 5.16 Å². The van der Waals surface area contributed by atoms with E-state index >= 15 is 0 Å². The van der Waals surface area contributed by atoms with Gasteiger partial charge in [0.25, 0.3) is 5.69 Å². The molecule has 1 heterocycles. The summed E-state index contributed by atoms with van der Waals surface area (Å²) in [7, 11) is 1.43. The molecular weight excluding hydrogens is 362 g/mol. The zero-order valence-corrected chi connectivity index (χ0v) is 14.9. The molecule has 0 aliphatic rings. The molecule has 0 atom stereocenters. The first-order valence-electron chi connectivity index (χ1n) is 8.18. The van der Waals surface area contributed by atoms with Gasteiger partial charge in [-0.05, 0) is 24.3 Å². The Morgan fingerprint density at radius 2 is 2.07 bits per heavy atom. The summed E-state index contributed by atoms with van der Waals surface area (Å²) in [5.74, 6) is 1.24. The SMILES string of the molecule is COc1cc([N+](=O)[O-])ccc1-c1ccc(/C=N\OCc2ccccc2C#N)o1. The van der Waals surface area contributed by atoms with E-state index in [2.05, 4.69) is 11.2 Å². The van der Waals surface area contributed by atoms with Crippen LogP contribution in [0.2, 0.25) is 0 Å². The predicted molar refractivity (Wildman–Crippen MR) is 101 cm³/mol. The van der Waals surface area contributed by atoms with Crippen LogP contribution in [0, 0.1) is 21.4 Å². The lowest BCUT2D eigenvalue weighted by molar-refractivity contribution is -0.384. The topological polar surface area (TPSA) is 111 Å². The van der Waals surface area contributed by atoms with Crippen molar-refractivity contribution in [1.29, 1.82) is 5.26 Å². The number of hydrogen-bond donors (Lipinski definition) is 0. The first-order valence-corrected chi connectivity index (χ1v) is 8.18. The van der Waals surface area contributed by atoms with E-state index in [1.54, 1.807) is 36.4 Å². The second-order valence-corrected chi connectivity index (χ2v) is 5.62. The van der Waals surface area contributed by atoms with Crippen molar-refractivity contribution in [2.45, 2.75) is 6.61 Å². The van der Waals surface area contributed by atoms with Crippen LogP contribution >= 0.6 is 0 Å². The van der Waals surface area contributed by atoms with Crippen molar-refractivity contribution in [3.05, 3.63) is 81.6 Å². The first-order chi connectivity index (χ1) is 13.6. The molecule has 2 aromatic carbocycles. The first kappa shape index (κ1) is 18.7. The van der Waals surface area contributed by atoms with E-state index in [4.69, 9.17) is 19.3 Å². The van der Waals surface area contributed by atoms with Crippen LogP contribution in [-0.4, -0.2) is 18.2 Å². The highest BCUT2D eigenvalue weighted by Gasteiger charge is 2.15. The smallest absolute Gasteiger partial charge is 0.273 e. The molecule has 0 N–H and O–H groups in total. The summed E-state index contributed by atoms with van der Waals surface area (Å²) in [5.41, 5.74) is 1.78. The zero-order chi connectivity index (χ0) is 19.9. The number of furan rings is 1. The van der Waals surface area contributed by atoms with Gasteiger partial charge >= 0.3 is 0 Å². The maximum Gasteiger partial charge on any atom is 0.273 e. The van der Waals surface area contributed by atoms with Gasteiger partial charge in [0, 0.05) is 11.6 Å². The van der Waals surface area contributed by atoms with Gasteiger partial charge in [-0.3, -0.25) is 10.1 Å². The van der Waals surface area contributed by atoms with Crippen LogP contribution in [-0.2, 0) is 11.4 Å². The molecule has 1 aromatic heterocycles. The molecular formula is C20H15N3O5. The van der Waals surface area contributed by atoms with Gasteiger partial charge in [0.1, 0.15) is 30.1 Å². The summed E-state index contributed by atoms with van der Waals surface area (Å²) in [6.45, 7) is 0.157. The van der Waals surface area contributed by atoms with E-state index in [1.165, 1.54) is 25.5 Å². The fraction of sp³-hybridized carbons (Fsp3) is 0.100. The van der Waals surface area contributed by atoms with Crippen molar-refractivity contribution >= 4 is 11.9 Å². The number of nitrogens with zero attached hydrogens (tertiary/aromatic N) is 3. The number of nitriles is 1. The molecule has 0 unspecified atom stereocenters. The number of oxime groups is 1. The average molecular weight is 377 g/mol. The molecule has 0 saturated heterocycles. The molecule has 8 nitrogen and oxygen atoms in total. The molecule has 8 heteroatoms. The average Bonchev–Trinajstić information content (AvgIpc) is 3.19. The van der Waals surface area contributed by atoms with Crippen molar-refractivity contribution < 1.29 is 18.9 Å². The van der Waals surface area contributed by atoms with Crippen LogP contribution in [0.15, 0.2) is 64.2 Å². The second-order valence-electron chi connectivity index (χ2n) is 5.62. The number of ether oxygens (including phenoxy) is 1. The van der Waals surface area contributed by atoms with E-state index in [9.17, 15) is 10.1 Å². The van der Waals surface area contributed by atoms with Crippen LogP contribution < -0.4 is 4.74 Å². The lowest BCUT2D eigenvalue weighted by Gasteiger charge is -2.05. The minimum absolute atomic E-state index is 0.0695. The minimum Gasteiger partial charge on any atom is -0.496 e. The van der Waals surface area contributed by atoms with Crippen LogP contribution in [0.1, 0.15) is 16.9 Å². The molecule has 140 valence electrons. The summed E-state index contributed by atoms with van der Waals surface area (Å²) in [6.07, 6.45) is 1.40. The molecule has 28 heavy (non-hydrogen) atoms. The molecule has 0 bridgehead atoms. The van der Waals surface area contributed by atoms with Gasteiger partial charge in [0.05, 0.1) is 35.3 Å². The van der Waals surface area contributed by atoms with Crippen molar-refractivity contribution in [1.82, 2.24) is 0 Å². The molecule has 0 radical (unpaired) electrons. The lowest BCUT2D eigenvalue weighted by Crippen LogP contribution is -1.92. The van der Waals surface area contributed by atoms with Gasteiger partial charge in [0.15, 0.2) is 0 Å². The van der Waals surface area contributed by atoms with Crippen molar-refractivity contribution in [3.63, 3.8) is 0 Å². The maximum atomic E-state index is 10.9. The highest BCUT2D eigenvalue weighted by atomic mass is 16.6. The van der Waals surface area contributed by atoms with Crippen molar-refractivity contribution in [3.8, 4) is 23.1 Å². The van der Waals surface area contributed by atoms with E-state index in [-0.39, 0.29) is 12.3 Å². The number of non-ortho nitro benzene ring substituents is 1. The molecule has 0 aliphatic heterocycles. The molecule has 3 aromatic rings. The van der Waals surface area contributed by atoms with Crippen molar-refractivity contribution in [2.75, 3.05) is 7.11 Å². The Kier molecular flexibility index (Phi) is 5.67. The Morgan fingerprint density at radius 3 is 2.82 bits per heavy atom. The van der Waals surface area contributed by atoms with Crippen LogP contribution in [0.5, 0.6) is 5.75 Å². The van der Waals surface area contributed by atoms with Gasteiger partial charge in [-0.15, -0.1) is 0 Å². The van der Waals surface area contributed by atoms with Gasteiger partial charge in [-0.1, -0.05) is 23.4 Å². The third kappa shape index (κ3) is 4.16. The van der Waals surface area contributed by atoms with Crippen LogP contribution in [0.25, 0.3) is 11.3 Å². The third-order valence-corrected chi connectivity index (χ3v) is 3.90. The van der Waals surface area contributed by atoms with E-state index < -0.39 is 4.92 Å². The largest absolute Gasteiger partial charge is 0.496 e. The quantitative estimate of drug-likeness (QED) is 0.345. The van der Waals surface area contributed by atoms with Crippen LogP contribution in [0.3, 0.4) is 0 Å². The lowest BCUT2D eigenvalue weighted by atomic mass is 10.1. The van der Waals surface area contributed by atoms with Gasteiger partial charge in [0.2, 0.25) is 0 Å². The fourth-order valence-corrected chi connectivity index (χ4v) is 2.52. The van der Waals surface area contributed by atoms with E-state index in [1.807, 2.05) is 6.07 Å². The van der Waals surface area contributed by atoms with Crippen LogP contribution in [0.4, 0.5) is 5.69 Å². The van der Waals surface area contributed by atoms with Gasteiger partial charge in [-0.25, -0.2) is 0 Å². The summed E-state index contributed by atoms with van der Waals surface area (Å²) >= 11 is 0.